The highest BCUT2D eigenvalue weighted by Crippen LogP contribution is 2.45. The van der Waals surface area contributed by atoms with Gasteiger partial charge in [-0.3, -0.25) is 14.5 Å². The second-order valence-electron chi connectivity index (χ2n) is 10.5. The average molecular weight is 514 g/mol. The molecule has 1 unspecified atom stereocenters. The van der Waals surface area contributed by atoms with E-state index in [9.17, 15) is 14.7 Å². The van der Waals surface area contributed by atoms with Crippen LogP contribution in [0.2, 0.25) is 0 Å². The number of hydrogen-bond acceptors (Lipinski definition) is 5. The maximum Gasteiger partial charge on any atom is 0.300 e. The summed E-state index contributed by atoms with van der Waals surface area (Å²) in [5, 5.41) is 11.7. The highest BCUT2D eigenvalue weighted by Gasteiger charge is 2.48. The summed E-state index contributed by atoms with van der Waals surface area (Å²) in [6.45, 7) is 10.7. The lowest BCUT2D eigenvalue weighted by atomic mass is 9.84. The third-order valence-corrected chi connectivity index (χ3v) is 6.81. The highest BCUT2D eigenvalue weighted by atomic mass is 16.5. The molecule has 1 fully saturated rings. The summed E-state index contributed by atoms with van der Waals surface area (Å²) >= 11 is 0. The van der Waals surface area contributed by atoms with Crippen molar-refractivity contribution in [3.63, 3.8) is 0 Å². The molecule has 6 nitrogen and oxygen atoms in total. The molecule has 0 bridgehead atoms. The molecule has 198 valence electrons. The number of Topliss-reactive ketones (excluding diaryl/α,β-unsaturated/α-hetero) is 1. The van der Waals surface area contributed by atoms with E-state index in [4.69, 9.17) is 9.47 Å². The summed E-state index contributed by atoms with van der Waals surface area (Å²) in [4.78, 5) is 28.7. The second kappa shape index (κ2) is 10.7. The van der Waals surface area contributed by atoms with Gasteiger partial charge in [0.25, 0.3) is 11.7 Å². The van der Waals surface area contributed by atoms with Crippen molar-refractivity contribution < 1.29 is 24.2 Å². The van der Waals surface area contributed by atoms with Gasteiger partial charge in [0.15, 0.2) is 0 Å². The first-order valence-electron chi connectivity index (χ1n) is 12.9. The van der Waals surface area contributed by atoms with Crippen LogP contribution >= 0.6 is 0 Å². The van der Waals surface area contributed by atoms with Gasteiger partial charge < -0.3 is 14.6 Å². The first kappa shape index (κ1) is 27.0. The maximum atomic E-state index is 13.7. The number of nitrogens with zero attached hydrogens (tertiary/aromatic N) is 1. The molecule has 1 amide bonds. The van der Waals surface area contributed by atoms with Gasteiger partial charge in [-0.1, -0.05) is 64.1 Å². The van der Waals surface area contributed by atoms with E-state index in [1.165, 1.54) is 4.90 Å². The molecule has 0 spiro atoms. The number of carbonyl (C=O) groups excluding carboxylic acids is 2. The minimum Gasteiger partial charge on any atom is -0.507 e. The Hall–Kier alpha value is -4.06. The fourth-order valence-corrected chi connectivity index (χ4v) is 4.72. The van der Waals surface area contributed by atoms with E-state index in [-0.39, 0.29) is 16.7 Å². The van der Waals surface area contributed by atoms with E-state index < -0.39 is 17.7 Å². The number of hydrogen-bond donors (Lipinski definition) is 1. The molecule has 1 aliphatic rings. The molecule has 0 aromatic heterocycles. The van der Waals surface area contributed by atoms with Crippen molar-refractivity contribution in [2.75, 3.05) is 18.6 Å². The zero-order valence-corrected chi connectivity index (χ0v) is 22.9. The molecule has 38 heavy (non-hydrogen) atoms. The van der Waals surface area contributed by atoms with Crippen molar-refractivity contribution in [2.45, 2.75) is 52.5 Å². The minimum absolute atomic E-state index is 0.0218. The fourth-order valence-electron chi connectivity index (χ4n) is 4.72. The van der Waals surface area contributed by atoms with Crippen molar-refractivity contribution in [3.05, 3.63) is 94.6 Å². The second-order valence-corrected chi connectivity index (χ2v) is 10.5. The van der Waals surface area contributed by atoms with Gasteiger partial charge in [0.1, 0.15) is 17.3 Å². The normalized spacial score (nSPS) is 17.1. The number of anilines is 1. The van der Waals surface area contributed by atoms with Crippen LogP contribution in [0.1, 0.15) is 62.4 Å². The number of methoxy groups -OCH3 is 1. The number of rotatable bonds is 7. The number of para-hydroxylation sites is 1. The molecule has 4 rings (SSSR count). The standard InChI is InChI=1S/C32H35NO5/c1-7-17-38-23-12-10-11-22(19-23)33-28(24-13-8-9-14-26(24)37-6)27(30(35)31(33)36)29(34)25-18-21(32(3,4)5)16-15-20(25)2/h8-16,18-19,28,34H,7,17H2,1-6H3/b29-27+. The Bertz CT molecular complexity index is 1400. The van der Waals surface area contributed by atoms with Gasteiger partial charge in [-0.2, -0.15) is 0 Å². The molecular formula is C32H35NO5. The Morgan fingerprint density at radius 1 is 1.00 bits per heavy atom. The molecule has 3 aromatic rings. The Balaban J connectivity index is 1.97. The summed E-state index contributed by atoms with van der Waals surface area (Å²) in [7, 11) is 1.54. The Morgan fingerprint density at radius 2 is 1.74 bits per heavy atom. The fraction of sp³-hybridized carbons (Fsp3) is 0.312. The van der Waals surface area contributed by atoms with Crippen LogP contribution in [0.4, 0.5) is 5.69 Å². The highest BCUT2D eigenvalue weighted by molar-refractivity contribution is 6.51. The van der Waals surface area contributed by atoms with Crippen LogP contribution in [-0.4, -0.2) is 30.5 Å². The average Bonchev–Trinajstić information content (AvgIpc) is 3.16. The van der Waals surface area contributed by atoms with Crippen molar-refractivity contribution >= 4 is 23.1 Å². The third kappa shape index (κ3) is 5.03. The topological polar surface area (TPSA) is 76.1 Å². The van der Waals surface area contributed by atoms with E-state index in [0.717, 1.165) is 17.5 Å². The van der Waals surface area contributed by atoms with Gasteiger partial charge in [0.2, 0.25) is 0 Å². The molecule has 0 saturated carbocycles. The summed E-state index contributed by atoms with van der Waals surface area (Å²) < 4.78 is 11.4. The van der Waals surface area contributed by atoms with Crippen LogP contribution in [0.15, 0.2) is 72.3 Å². The predicted molar refractivity (Wildman–Crippen MR) is 150 cm³/mol. The van der Waals surface area contributed by atoms with Crippen LogP contribution in [0.5, 0.6) is 11.5 Å². The molecule has 1 N–H and O–H groups in total. The molecule has 0 radical (unpaired) electrons. The Labute approximate surface area is 224 Å². The van der Waals surface area contributed by atoms with Crippen LogP contribution in [0.25, 0.3) is 5.76 Å². The van der Waals surface area contributed by atoms with E-state index in [0.29, 0.717) is 34.9 Å². The smallest absolute Gasteiger partial charge is 0.300 e. The number of aliphatic hydroxyl groups is 1. The van der Waals surface area contributed by atoms with Gasteiger partial charge in [0.05, 0.1) is 25.3 Å². The predicted octanol–water partition coefficient (Wildman–Crippen LogP) is 6.72. The molecule has 6 heteroatoms. The number of ketones is 1. The van der Waals surface area contributed by atoms with Crippen molar-refractivity contribution in [1.29, 1.82) is 0 Å². The lowest BCUT2D eigenvalue weighted by Crippen LogP contribution is -2.29. The van der Waals surface area contributed by atoms with Crippen LogP contribution < -0.4 is 14.4 Å². The molecule has 1 heterocycles. The van der Waals surface area contributed by atoms with E-state index in [1.54, 1.807) is 31.4 Å². The number of benzene rings is 3. The van der Waals surface area contributed by atoms with Gasteiger partial charge in [-0.25, -0.2) is 0 Å². The maximum absolute atomic E-state index is 13.7. The monoisotopic (exact) mass is 513 g/mol. The van der Waals surface area contributed by atoms with Crippen LogP contribution in [-0.2, 0) is 15.0 Å². The quantitative estimate of drug-likeness (QED) is 0.216. The number of carbonyl (C=O) groups is 2. The summed E-state index contributed by atoms with van der Waals surface area (Å²) in [5.41, 5.74) is 3.28. The van der Waals surface area contributed by atoms with Crippen molar-refractivity contribution in [1.82, 2.24) is 0 Å². The van der Waals surface area contributed by atoms with Crippen LogP contribution in [0, 0.1) is 6.92 Å². The zero-order valence-electron chi connectivity index (χ0n) is 22.9. The lowest BCUT2D eigenvalue weighted by molar-refractivity contribution is -0.132. The number of aryl methyl sites for hydroxylation is 1. The zero-order chi connectivity index (χ0) is 27.6. The molecule has 1 atom stereocenters. The van der Waals surface area contributed by atoms with Crippen molar-refractivity contribution in [2.24, 2.45) is 0 Å². The van der Waals surface area contributed by atoms with Crippen molar-refractivity contribution in [3.8, 4) is 11.5 Å². The largest absolute Gasteiger partial charge is 0.507 e. The molecule has 1 saturated heterocycles. The number of aliphatic hydroxyl groups excluding tert-OH is 1. The van der Waals surface area contributed by atoms with Gasteiger partial charge in [-0.15, -0.1) is 0 Å². The van der Waals surface area contributed by atoms with E-state index >= 15 is 0 Å². The molecule has 0 aliphatic carbocycles. The number of ether oxygens (including phenoxy) is 2. The molecule has 1 aliphatic heterocycles. The Morgan fingerprint density at radius 3 is 2.42 bits per heavy atom. The third-order valence-electron chi connectivity index (χ3n) is 6.81. The van der Waals surface area contributed by atoms with Crippen LogP contribution in [0.3, 0.4) is 0 Å². The van der Waals surface area contributed by atoms with Gasteiger partial charge in [-0.05, 0) is 54.2 Å². The molecular weight excluding hydrogens is 478 g/mol. The van der Waals surface area contributed by atoms with Gasteiger partial charge >= 0.3 is 0 Å². The van der Waals surface area contributed by atoms with E-state index in [2.05, 4.69) is 20.8 Å². The summed E-state index contributed by atoms with van der Waals surface area (Å²) in [6.07, 6.45) is 0.836. The first-order chi connectivity index (χ1) is 18.1. The lowest BCUT2D eigenvalue weighted by Gasteiger charge is -2.27. The van der Waals surface area contributed by atoms with Gasteiger partial charge in [0, 0.05) is 22.9 Å². The number of amides is 1. The summed E-state index contributed by atoms with van der Waals surface area (Å²) in [5.74, 6) is -0.574. The molecule has 3 aromatic carbocycles. The minimum atomic E-state index is -0.898. The summed E-state index contributed by atoms with van der Waals surface area (Å²) in [6, 6.07) is 19.3. The Kier molecular flexibility index (Phi) is 7.63. The first-order valence-corrected chi connectivity index (χ1v) is 12.9. The van der Waals surface area contributed by atoms with E-state index in [1.807, 2.05) is 56.3 Å². The SMILES string of the molecule is CCCOc1cccc(N2C(=O)C(=O)/C(=C(/O)c3cc(C(C)(C)C)ccc3C)C2c2ccccc2OC)c1.